The second kappa shape index (κ2) is 3.44. The summed E-state index contributed by atoms with van der Waals surface area (Å²) in [5.74, 6) is -1.19. The zero-order valence-electron chi connectivity index (χ0n) is 6.52. The predicted molar refractivity (Wildman–Crippen MR) is 46.5 cm³/mol. The third-order valence-electron chi connectivity index (χ3n) is 1.50. The van der Waals surface area contributed by atoms with Crippen LogP contribution in [0.4, 0.5) is 0 Å². The third kappa shape index (κ3) is 2.19. The van der Waals surface area contributed by atoms with Gasteiger partial charge in [-0.05, 0) is 12.2 Å². The normalized spacial score (nSPS) is 16.2. The van der Waals surface area contributed by atoms with Crippen LogP contribution in [0.3, 0.4) is 0 Å². The number of hydrogen-bond acceptors (Lipinski definition) is 4. The summed E-state index contributed by atoms with van der Waals surface area (Å²) in [4.78, 5) is 10.5. The summed E-state index contributed by atoms with van der Waals surface area (Å²) in [5.41, 5.74) is 5.48. The molecular weight excluding hydrogens is 194 g/mol. The van der Waals surface area contributed by atoms with Crippen molar-refractivity contribution >= 4 is 21.1 Å². The minimum Gasteiger partial charge on any atom is -0.478 e. The van der Waals surface area contributed by atoms with Gasteiger partial charge in [-0.1, -0.05) is 0 Å². The van der Waals surface area contributed by atoms with Crippen molar-refractivity contribution in [2.24, 2.45) is 5.73 Å². The highest BCUT2D eigenvalue weighted by Gasteiger charge is 2.13. The summed E-state index contributed by atoms with van der Waals surface area (Å²) >= 11 is 0. The van der Waals surface area contributed by atoms with Gasteiger partial charge in [0, 0.05) is 12.1 Å². The molecule has 0 aromatic rings. The van der Waals surface area contributed by atoms with Crippen LogP contribution in [-0.4, -0.2) is 24.4 Å². The molecule has 0 fully saturated rings. The van der Waals surface area contributed by atoms with Crippen molar-refractivity contribution in [1.29, 1.82) is 0 Å². The monoisotopic (exact) mass is 201 g/mol. The third-order valence-corrected chi connectivity index (χ3v) is 2.19. The largest absolute Gasteiger partial charge is 0.478 e. The number of nitrogens with two attached hydrogens (primary N) is 1. The molecule has 0 heterocycles. The molecule has 0 unspecified atom stereocenters. The Balaban J connectivity index is 3.25. The molecule has 0 bridgehead atoms. The van der Waals surface area contributed by atoms with Gasteiger partial charge in [0.25, 0.3) is 0 Å². The van der Waals surface area contributed by atoms with E-state index < -0.39 is 16.3 Å². The zero-order valence-corrected chi connectivity index (χ0v) is 7.34. The Morgan fingerprint density at radius 2 is 2.08 bits per heavy atom. The lowest BCUT2D eigenvalue weighted by Crippen LogP contribution is -2.14. The summed E-state index contributed by atoms with van der Waals surface area (Å²) in [6, 6.07) is 0. The summed E-state index contributed by atoms with van der Waals surface area (Å²) in [6.07, 6.45) is 2.42. The van der Waals surface area contributed by atoms with Crippen LogP contribution in [0.1, 0.15) is 6.42 Å². The maximum Gasteiger partial charge on any atom is 0.335 e. The number of carboxylic acid groups (broad SMARTS) is 1. The fourth-order valence-electron chi connectivity index (χ4n) is 0.949. The second-order valence-electron chi connectivity index (χ2n) is 2.50. The maximum absolute atomic E-state index is 10.5. The van der Waals surface area contributed by atoms with Crippen LogP contribution in [0.25, 0.3) is 0 Å². The quantitative estimate of drug-likeness (QED) is 0.546. The first-order valence-electron chi connectivity index (χ1n) is 3.37. The number of carboxylic acids is 1. The molecule has 13 heavy (non-hydrogen) atoms. The number of hydrogen-bond donors (Lipinski definition) is 2. The maximum atomic E-state index is 10.5. The van der Waals surface area contributed by atoms with Gasteiger partial charge in [-0.3, -0.25) is 0 Å². The number of carbonyl (C=O) groups is 1. The first-order valence-corrected chi connectivity index (χ1v) is 4.44. The van der Waals surface area contributed by atoms with Crippen molar-refractivity contribution in [2.75, 3.05) is 0 Å². The molecule has 0 aromatic heterocycles. The van der Waals surface area contributed by atoms with E-state index >= 15 is 0 Å². The highest BCUT2D eigenvalue weighted by molar-refractivity contribution is 7.73. The molecule has 0 amide bonds. The van der Waals surface area contributed by atoms with Gasteiger partial charge >= 0.3 is 5.97 Å². The van der Waals surface area contributed by atoms with Crippen molar-refractivity contribution in [3.05, 3.63) is 23.4 Å². The van der Waals surface area contributed by atoms with Crippen molar-refractivity contribution in [3.8, 4) is 0 Å². The molecule has 6 heteroatoms. The van der Waals surface area contributed by atoms with Crippen LogP contribution < -0.4 is 5.73 Å². The fraction of sp³-hybridized carbons (Fsp3) is 0.143. The lowest BCUT2D eigenvalue weighted by molar-refractivity contribution is -0.132. The van der Waals surface area contributed by atoms with Crippen LogP contribution in [0.5, 0.6) is 0 Å². The highest BCUT2D eigenvalue weighted by atomic mass is 32.2. The topological polar surface area (TPSA) is 97.5 Å². The SMILES string of the molecule is NC1=CC(C(=O)O)=CC(=S(=O)=O)C1. The van der Waals surface area contributed by atoms with E-state index in [-0.39, 0.29) is 22.6 Å². The fourth-order valence-corrected chi connectivity index (χ4v) is 1.46. The van der Waals surface area contributed by atoms with Crippen LogP contribution in [-0.2, 0) is 15.1 Å². The Labute approximate surface area is 75.7 Å². The standard InChI is InChI=1S/C7H7NO4S/c8-5-1-4(7(9)10)2-6(3-5)13(11)12/h1-2H,3,8H2,(H,9,10). The molecule has 1 aliphatic carbocycles. The summed E-state index contributed by atoms with van der Waals surface area (Å²) in [6.45, 7) is 0. The van der Waals surface area contributed by atoms with Gasteiger partial charge in [-0.25, -0.2) is 4.79 Å². The van der Waals surface area contributed by atoms with Crippen LogP contribution >= 0.6 is 0 Å². The molecular formula is C7H7NO4S. The van der Waals surface area contributed by atoms with Crippen LogP contribution in [0.15, 0.2) is 23.4 Å². The van der Waals surface area contributed by atoms with Crippen molar-refractivity contribution < 1.29 is 18.3 Å². The first kappa shape index (κ1) is 9.53. The van der Waals surface area contributed by atoms with Gasteiger partial charge in [0.2, 0.25) is 10.3 Å². The van der Waals surface area contributed by atoms with E-state index in [0.717, 1.165) is 6.08 Å². The summed E-state index contributed by atoms with van der Waals surface area (Å²) in [5, 5.41) is 8.57. The predicted octanol–water partition coefficient (Wildman–Crippen LogP) is -0.705. The summed E-state index contributed by atoms with van der Waals surface area (Å²) in [7, 11) is -2.40. The minimum atomic E-state index is -2.40. The molecule has 5 nitrogen and oxygen atoms in total. The molecule has 1 rings (SSSR count). The Hall–Kier alpha value is -1.56. The first-order chi connectivity index (χ1) is 6.00. The lowest BCUT2D eigenvalue weighted by Gasteiger charge is -2.06. The van der Waals surface area contributed by atoms with E-state index in [0.29, 0.717) is 0 Å². The number of aliphatic carboxylic acids is 1. The Kier molecular flexibility index (Phi) is 2.52. The zero-order chi connectivity index (χ0) is 10.0. The second-order valence-corrected chi connectivity index (χ2v) is 3.50. The van der Waals surface area contributed by atoms with E-state index in [1.807, 2.05) is 0 Å². The number of rotatable bonds is 1. The van der Waals surface area contributed by atoms with E-state index in [9.17, 15) is 13.2 Å². The van der Waals surface area contributed by atoms with E-state index in [1.165, 1.54) is 6.08 Å². The van der Waals surface area contributed by atoms with E-state index in [2.05, 4.69) is 0 Å². The number of allylic oxidation sites excluding steroid dienone is 2. The highest BCUT2D eigenvalue weighted by Crippen LogP contribution is 2.11. The molecule has 0 aromatic carbocycles. The minimum absolute atomic E-state index is 0.00241. The molecule has 0 saturated carbocycles. The average molecular weight is 201 g/mol. The Bertz CT molecular complexity index is 433. The van der Waals surface area contributed by atoms with E-state index in [4.69, 9.17) is 10.8 Å². The Morgan fingerprint density at radius 1 is 1.46 bits per heavy atom. The molecule has 3 N–H and O–H groups in total. The van der Waals surface area contributed by atoms with Crippen molar-refractivity contribution in [2.45, 2.75) is 6.42 Å². The summed E-state index contributed by atoms with van der Waals surface area (Å²) < 4.78 is 21.0. The van der Waals surface area contributed by atoms with Crippen LogP contribution in [0.2, 0.25) is 0 Å². The average Bonchev–Trinajstić information content (AvgIpc) is 2.03. The Morgan fingerprint density at radius 3 is 2.54 bits per heavy atom. The van der Waals surface area contributed by atoms with Gasteiger partial charge < -0.3 is 10.8 Å². The smallest absolute Gasteiger partial charge is 0.335 e. The molecule has 0 spiro atoms. The molecule has 1 aliphatic rings. The van der Waals surface area contributed by atoms with Crippen LogP contribution in [0, 0.1) is 0 Å². The van der Waals surface area contributed by atoms with Gasteiger partial charge in [-0.15, -0.1) is 0 Å². The van der Waals surface area contributed by atoms with Gasteiger partial charge in [-0.2, -0.15) is 8.42 Å². The molecule has 0 radical (unpaired) electrons. The van der Waals surface area contributed by atoms with Gasteiger partial charge in [0.1, 0.15) is 0 Å². The molecule has 0 atom stereocenters. The van der Waals surface area contributed by atoms with Crippen molar-refractivity contribution in [3.63, 3.8) is 0 Å². The molecule has 0 saturated heterocycles. The molecule has 70 valence electrons. The van der Waals surface area contributed by atoms with E-state index in [1.54, 1.807) is 0 Å². The molecule has 0 aliphatic heterocycles. The lowest BCUT2D eigenvalue weighted by atomic mass is 10.0. The van der Waals surface area contributed by atoms with Gasteiger partial charge in [0.05, 0.1) is 10.4 Å². The van der Waals surface area contributed by atoms with Crippen molar-refractivity contribution in [1.82, 2.24) is 0 Å². The van der Waals surface area contributed by atoms with Gasteiger partial charge in [0.15, 0.2) is 0 Å².